The van der Waals surface area contributed by atoms with Crippen LogP contribution in [0.5, 0.6) is 0 Å². The van der Waals surface area contributed by atoms with Gasteiger partial charge in [0.15, 0.2) is 0 Å². The maximum Gasteiger partial charge on any atom is 0.0692 e. The molecule has 0 aliphatic carbocycles. The molecule has 2 heterocycles. The number of rotatable bonds is 5. The highest BCUT2D eigenvalue weighted by molar-refractivity contribution is 4.95. The highest BCUT2D eigenvalue weighted by atomic mass is 16.5. The van der Waals surface area contributed by atoms with Crippen LogP contribution in [0.15, 0.2) is 0 Å². The van der Waals surface area contributed by atoms with E-state index >= 15 is 0 Å². The summed E-state index contributed by atoms with van der Waals surface area (Å²) in [5, 5.41) is 3.71. The van der Waals surface area contributed by atoms with Crippen LogP contribution in [-0.2, 0) is 4.74 Å². The number of piperazine rings is 1. The van der Waals surface area contributed by atoms with Gasteiger partial charge in [0.25, 0.3) is 0 Å². The third kappa shape index (κ3) is 3.37. The Morgan fingerprint density at radius 2 is 1.90 bits per heavy atom. The Morgan fingerprint density at radius 3 is 2.50 bits per heavy atom. The third-order valence-electron chi connectivity index (χ3n) is 5.73. The quantitative estimate of drug-likeness (QED) is 0.838. The predicted molar refractivity (Wildman–Crippen MR) is 85.2 cm³/mol. The fourth-order valence-corrected chi connectivity index (χ4v) is 4.02. The van der Waals surface area contributed by atoms with Gasteiger partial charge in [-0.05, 0) is 38.5 Å². The first-order chi connectivity index (χ1) is 9.68. The van der Waals surface area contributed by atoms with E-state index in [-0.39, 0.29) is 5.60 Å². The van der Waals surface area contributed by atoms with Crippen molar-refractivity contribution in [2.24, 2.45) is 0 Å². The number of nitrogens with zero attached hydrogens (tertiary/aromatic N) is 1. The second-order valence-corrected chi connectivity index (χ2v) is 6.66. The normalized spacial score (nSPS) is 35.1. The van der Waals surface area contributed by atoms with E-state index < -0.39 is 0 Å². The minimum Gasteiger partial charge on any atom is -0.375 e. The van der Waals surface area contributed by atoms with Crippen molar-refractivity contribution < 1.29 is 4.74 Å². The predicted octanol–water partition coefficient (Wildman–Crippen LogP) is 3.19. The van der Waals surface area contributed by atoms with Gasteiger partial charge in [0.1, 0.15) is 0 Å². The van der Waals surface area contributed by atoms with Crippen molar-refractivity contribution in [2.45, 2.75) is 89.9 Å². The Labute approximate surface area is 125 Å². The van der Waals surface area contributed by atoms with Crippen LogP contribution in [0, 0.1) is 0 Å². The molecule has 2 aliphatic rings. The smallest absolute Gasteiger partial charge is 0.0692 e. The van der Waals surface area contributed by atoms with E-state index in [4.69, 9.17) is 4.74 Å². The summed E-state index contributed by atoms with van der Waals surface area (Å²) in [4.78, 5) is 2.81. The van der Waals surface area contributed by atoms with Crippen LogP contribution in [0.25, 0.3) is 0 Å². The highest BCUT2D eigenvalue weighted by Gasteiger charge is 2.40. The molecule has 118 valence electrons. The Kier molecular flexibility index (Phi) is 5.88. The first kappa shape index (κ1) is 16.3. The van der Waals surface area contributed by atoms with Crippen LogP contribution in [-0.4, -0.2) is 48.3 Å². The average Bonchev–Trinajstić information content (AvgIpc) is 2.54. The van der Waals surface area contributed by atoms with Crippen molar-refractivity contribution >= 4 is 0 Å². The van der Waals surface area contributed by atoms with Crippen LogP contribution >= 0.6 is 0 Å². The summed E-state index contributed by atoms with van der Waals surface area (Å²) in [6, 6.07) is 2.12. The second-order valence-electron chi connectivity index (χ2n) is 6.66. The fraction of sp³-hybridized carbons (Fsp3) is 1.00. The summed E-state index contributed by atoms with van der Waals surface area (Å²) in [5.41, 5.74) is 0.147. The molecule has 0 aromatic rings. The Balaban J connectivity index is 2.06. The topological polar surface area (TPSA) is 24.5 Å². The molecule has 0 amide bonds. The summed E-state index contributed by atoms with van der Waals surface area (Å²) >= 11 is 0. The molecule has 20 heavy (non-hydrogen) atoms. The van der Waals surface area contributed by atoms with Gasteiger partial charge in [-0.2, -0.15) is 0 Å². The Bertz CT molecular complexity index is 291. The lowest BCUT2D eigenvalue weighted by atomic mass is 9.84. The van der Waals surface area contributed by atoms with Gasteiger partial charge < -0.3 is 10.1 Å². The lowest BCUT2D eigenvalue weighted by Gasteiger charge is -2.49. The third-order valence-corrected chi connectivity index (χ3v) is 5.73. The van der Waals surface area contributed by atoms with E-state index in [1.165, 1.54) is 32.2 Å². The van der Waals surface area contributed by atoms with E-state index in [9.17, 15) is 0 Å². The zero-order chi connectivity index (χ0) is 14.6. The number of hydrogen-bond donors (Lipinski definition) is 1. The van der Waals surface area contributed by atoms with E-state index in [0.29, 0.717) is 12.1 Å². The molecule has 0 bridgehead atoms. The summed E-state index contributed by atoms with van der Waals surface area (Å²) < 4.78 is 6.16. The van der Waals surface area contributed by atoms with Gasteiger partial charge in [0.2, 0.25) is 0 Å². The Morgan fingerprint density at radius 1 is 1.15 bits per heavy atom. The van der Waals surface area contributed by atoms with Crippen molar-refractivity contribution in [3.63, 3.8) is 0 Å². The van der Waals surface area contributed by atoms with Crippen LogP contribution in [0.1, 0.15) is 66.2 Å². The SMILES string of the molecule is CCC1CN(C2CCOC(CC)(CC)C2)C(CC)CN1. The van der Waals surface area contributed by atoms with Crippen molar-refractivity contribution in [3.05, 3.63) is 0 Å². The van der Waals surface area contributed by atoms with E-state index in [0.717, 1.165) is 32.0 Å². The molecule has 2 fully saturated rings. The highest BCUT2D eigenvalue weighted by Crippen LogP contribution is 2.35. The molecular formula is C17H34N2O. The van der Waals surface area contributed by atoms with E-state index in [1.807, 2.05) is 0 Å². The Hall–Kier alpha value is -0.120. The van der Waals surface area contributed by atoms with Gasteiger partial charge >= 0.3 is 0 Å². The molecule has 0 aromatic carbocycles. The molecule has 0 aromatic heterocycles. The van der Waals surface area contributed by atoms with Crippen LogP contribution in [0.2, 0.25) is 0 Å². The average molecular weight is 282 g/mol. The summed E-state index contributed by atoms with van der Waals surface area (Å²) in [6.45, 7) is 12.5. The van der Waals surface area contributed by atoms with Gasteiger partial charge in [-0.1, -0.05) is 27.7 Å². The van der Waals surface area contributed by atoms with Gasteiger partial charge in [0.05, 0.1) is 5.60 Å². The molecule has 0 saturated carbocycles. The van der Waals surface area contributed by atoms with Crippen LogP contribution in [0.3, 0.4) is 0 Å². The molecule has 3 unspecified atom stereocenters. The van der Waals surface area contributed by atoms with Crippen molar-refractivity contribution in [2.75, 3.05) is 19.7 Å². The molecular weight excluding hydrogens is 248 g/mol. The maximum absolute atomic E-state index is 6.16. The van der Waals surface area contributed by atoms with Gasteiger partial charge in [0, 0.05) is 37.8 Å². The van der Waals surface area contributed by atoms with Gasteiger partial charge in [-0.3, -0.25) is 4.90 Å². The molecule has 1 N–H and O–H groups in total. The molecule has 2 aliphatic heterocycles. The minimum atomic E-state index is 0.147. The monoisotopic (exact) mass is 282 g/mol. The summed E-state index contributed by atoms with van der Waals surface area (Å²) in [7, 11) is 0. The number of nitrogens with one attached hydrogen (secondary N) is 1. The molecule has 2 rings (SSSR count). The minimum absolute atomic E-state index is 0.147. The standard InChI is InChI=1S/C17H34N2O/c1-5-14-13-19(15(6-2)12-18-14)16-9-10-20-17(7-3,8-4)11-16/h14-16,18H,5-13H2,1-4H3. The first-order valence-electron chi connectivity index (χ1n) is 8.81. The molecule has 3 nitrogen and oxygen atoms in total. The summed E-state index contributed by atoms with van der Waals surface area (Å²) in [5.74, 6) is 0. The van der Waals surface area contributed by atoms with Gasteiger partial charge in [-0.25, -0.2) is 0 Å². The first-order valence-corrected chi connectivity index (χ1v) is 8.81. The lowest BCUT2D eigenvalue weighted by molar-refractivity contribution is -0.118. The molecule has 3 atom stereocenters. The number of ether oxygens (including phenoxy) is 1. The van der Waals surface area contributed by atoms with E-state index in [2.05, 4.69) is 37.9 Å². The van der Waals surface area contributed by atoms with Crippen molar-refractivity contribution in [3.8, 4) is 0 Å². The number of hydrogen-bond acceptors (Lipinski definition) is 3. The maximum atomic E-state index is 6.16. The molecule has 0 radical (unpaired) electrons. The van der Waals surface area contributed by atoms with Crippen molar-refractivity contribution in [1.82, 2.24) is 10.2 Å². The zero-order valence-corrected chi connectivity index (χ0v) is 14.0. The lowest BCUT2D eigenvalue weighted by Crippen LogP contribution is -2.61. The molecule has 3 heteroatoms. The van der Waals surface area contributed by atoms with Crippen LogP contribution < -0.4 is 5.32 Å². The zero-order valence-electron chi connectivity index (χ0n) is 14.0. The van der Waals surface area contributed by atoms with E-state index in [1.54, 1.807) is 0 Å². The largest absolute Gasteiger partial charge is 0.375 e. The fourth-order valence-electron chi connectivity index (χ4n) is 4.02. The summed E-state index contributed by atoms with van der Waals surface area (Å²) in [6.07, 6.45) is 7.25. The van der Waals surface area contributed by atoms with Crippen LogP contribution in [0.4, 0.5) is 0 Å². The van der Waals surface area contributed by atoms with Crippen molar-refractivity contribution in [1.29, 1.82) is 0 Å². The second kappa shape index (κ2) is 7.24. The van der Waals surface area contributed by atoms with Gasteiger partial charge in [-0.15, -0.1) is 0 Å². The molecule has 2 saturated heterocycles. The molecule has 0 spiro atoms.